The van der Waals surface area contributed by atoms with Gasteiger partial charge in [-0.3, -0.25) is 0 Å². The fourth-order valence-electron chi connectivity index (χ4n) is 2.36. The van der Waals surface area contributed by atoms with Gasteiger partial charge in [-0.25, -0.2) is 0 Å². The summed E-state index contributed by atoms with van der Waals surface area (Å²) in [7, 11) is 0. The number of hydrogen-bond acceptors (Lipinski definition) is 2. The molecule has 0 bridgehead atoms. The number of benzene rings is 1. The molecule has 21 heavy (non-hydrogen) atoms. The van der Waals surface area contributed by atoms with Gasteiger partial charge in [-0.1, -0.05) is 37.3 Å². The first kappa shape index (κ1) is 15.5. The van der Waals surface area contributed by atoms with Gasteiger partial charge in [-0.05, 0) is 51.3 Å². The summed E-state index contributed by atoms with van der Waals surface area (Å²) in [6, 6.07) is 8.54. The molecule has 0 aliphatic heterocycles. The van der Waals surface area contributed by atoms with Gasteiger partial charge >= 0.3 is 0 Å². The molecule has 0 unspecified atom stereocenters. The van der Waals surface area contributed by atoms with Crippen LogP contribution >= 0.6 is 54.5 Å². The van der Waals surface area contributed by atoms with E-state index in [0.29, 0.717) is 0 Å². The third-order valence-electron chi connectivity index (χ3n) is 3.32. The van der Waals surface area contributed by atoms with Crippen molar-refractivity contribution in [2.24, 2.45) is 0 Å². The van der Waals surface area contributed by atoms with E-state index in [9.17, 15) is 0 Å². The first-order chi connectivity index (χ1) is 10.2. The van der Waals surface area contributed by atoms with E-state index in [-0.39, 0.29) is 0 Å². The lowest BCUT2D eigenvalue weighted by atomic mass is 10.2. The fraction of sp³-hybridized carbons (Fsp3) is 0.176. The van der Waals surface area contributed by atoms with E-state index in [2.05, 4.69) is 82.1 Å². The maximum absolute atomic E-state index is 3.82. The van der Waals surface area contributed by atoms with Crippen LogP contribution in [-0.4, -0.2) is 0 Å². The smallest absolute Gasteiger partial charge is 0.0609 e. The summed E-state index contributed by atoms with van der Waals surface area (Å²) < 4.78 is 5.08. The van der Waals surface area contributed by atoms with Crippen LogP contribution in [-0.2, 0) is 0 Å². The van der Waals surface area contributed by atoms with Gasteiger partial charge in [-0.2, -0.15) is 0 Å². The van der Waals surface area contributed by atoms with Crippen molar-refractivity contribution in [3.8, 4) is 9.75 Å². The average Bonchev–Trinajstić information content (AvgIpc) is 2.99. The van der Waals surface area contributed by atoms with Gasteiger partial charge in [0, 0.05) is 28.8 Å². The molecule has 0 nitrogen and oxygen atoms in total. The second-order valence-electron chi connectivity index (χ2n) is 4.67. The van der Waals surface area contributed by atoms with Crippen molar-refractivity contribution in [2.45, 2.75) is 20.3 Å². The van der Waals surface area contributed by atoms with Crippen LogP contribution in [0.15, 0.2) is 33.2 Å². The molecule has 0 aliphatic rings. The summed E-state index contributed by atoms with van der Waals surface area (Å²) in [6.45, 7) is 4.29. The van der Waals surface area contributed by atoms with Gasteiger partial charge < -0.3 is 0 Å². The highest BCUT2D eigenvalue weighted by Gasteiger charge is 2.16. The zero-order chi connectivity index (χ0) is 15.0. The normalized spacial score (nSPS) is 13.5. The Hall–Kier alpha value is -0.420. The highest BCUT2D eigenvalue weighted by Crippen LogP contribution is 2.44. The topological polar surface area (TPSA) is 0 Å². The fourth-order valence-corrected chi connectivity index (χ4v) is 6.80. The second kappa shape index (κ2) is 6.37. The zero-order valence-electron chi connectivity index (χ0n) is 11.7. The Bertz CT molecular complexity index is 916. The molecular formula is C17H14Br2S2. The molecule has 0 N–H and O–H groups in total. The molecule has 0 atom stereocenters. The first-order valence-electron chi connectivity index (χ1n) is 6.79. The molecule has 2 heterocycles. The van der Waals surface area contributed by atoms with E-state index in [1.807, 2.05) is 22.7 Å². The van der Waals surface area contributed by atoms with E-state index in [4.69, 9.17) is 0 Å². The van der Waals surface area contributed by atoms with Crippen LogP contribution in [0.3, 0.4) is 0 Å². The van der Waals surface area contributed by atoms with Crippen LogP contribution in [0, 0.1) is 0 Å². The van der Waals surface area contributed by atoms with E-state index in [1.165, 1.54) is 38.5 Å². The molecule has 0 saturated carbocycles. The maximum Gasteiger partial charge on any atom is 0.0609 e. The Labute approximate surface area is 149 Å². The van der Waals surface area contributed by atoms with Gasteiger partial charge in [0.15, 0.2) is 0 Å². The molecule has 0 amide bonds. The lowest BCUT2D eigenvalue weighted by Gasteiger charge is -1.95. The minimum Gasteiger partial charge on any atom is -0.133 e. The molecule has 3 rings (SSSR count). The third kappa shape index (κ3) is 2.67. The summed E-state index contributed by atoms with van der Waals surface area (Å²) in [5, 5.41) is 2.62. The summed E-state index contributed by atoms with van der Waals surface area (Å²) in [5.74, 6) is 0. The van der Waals surface area contributed by atoms with Gasteiger partial charge in [0.05, 0.1) is 9.75 Å². The quantitative estimate of drug-likeness (QED) is 0.447. The van der Waals surface area contributed by atoms with Crippen molar-refractivity contribution in [3.05, 3.63) is 43.0 Å². The number of rotatable bonds is 2. The molecule has 4 heteroatoms. The molecule has 0 radical (unpaired) electrons. The number of hydrogen-bond donors (Lipinski definition) is 0. The molecule has 2 aromatic heterocycles. The first-order valence-corrected chi connectivity index (χ1v) is 10.0. The van der Waals surface area contributed by atoms with Gasteiger partial charge in [0.25, 0.3) is 0 Å². The zero-order valence-corrected chi connectivity index (χ0v) is 16.5. The van der Waals surface area contributed by atoms with Crippen molar-refractivity contribution in [3.63, 3.8) is 0 Å². The number of fused-ring (bicyclic) bond motifs is 1. The second-order valence-corrected chi connectivity index (χ2v) is 8.36. The summed E-state index contributed by atoms with van der Waals surface area (Å²) >= 11 is 11.3. The summed E-state index contributed by atoms with van der Waals surface area (Å²) in [5.41, 5.74) is 0. The molecule has 108 valence electrons. The lowest BCUT2D eigenvalue weighted by Crippen LogP contribution is -2.18. The largest absolute Gasteiger partial charge is 0.133 e. The van der Waals surface area contributed by atoms with E-state index < -0.39 is 0 Å². The van der Waals surface area contributed by atoms with Crippen molar-refractivity contribution >= 4 is 76.8 Å². The van der Waals surface area contributed by atoms with Crippen molar-refractivity contribution < 1.29 is 0 Å². The molecule has 0 fully saturated rings. The van der Waals surface area contributed by atoms with Crippen molar-refractivity contribution in [1.82, 2.24) is 0 Å². The Balaban J connectivity index is 2.34. The van der Waals surface area contributed by atoms with E-state index >= 15 is 0 Å². The Kier molecular flexibility index (Phi) is 4.69. The highest BCUT2D eigenvalue weighted by molar-refractivity contribution is 9.11. The minimum absolute atomic E-state index is 1.04. The van der Waals surface area contributed by atoms with Crippen LogP contribution in [0.5, 0.6) is 0 Å². The Morgan fingerprint density at radius 3 is 2.43 bits per heavy atom. The molecule has 3 aromatic rings. The standard InChI is InChI=1S/C17H14Br2S2/c1-3-7-10-12(4-2)20-16(14(10)18)17-15(19)11-8-5-6-9-13(11)21-17/h4-9H,3H2,1-2H3/b10-7+,12-4+. The van der Waals surface area contributed by atoms with Gasteiger partial charge in [-0.15, -0.1) is 22.7 Å². The Morgan fingerprint density at radius 1 is 1.05 bits per heavy atom. The Morgan fingerprint density at radius 2 is 1.76 bits per heavy atom. The molecule has 1 aromatic carbocycles. The average molecular weight is 442 g/mol. The lowest BCUT2D eigenvalue weighted by molar-refractivity contribution is 1.28. The van der Waals surface area contributed by atoms with Gasteiger partial charge in [0.1, 0.15) is 0 Å². The molecule has 0 spiro atoms. The maximum atomic E-state index is 3.82. The monoisotopic (exact) mass is 440 g/mol. The number of thiophene rings is 2. The van der Waals surface area contributed by atoms with Crippen LogP contribution in [0.1, 0.15) is 20.3 Å². The third-order valence-corrected chi connectivity index (χ3v) is 8.10. The van der Waals surface area contributed by atoms with E-state index in [1.54, 1.807) is 0 Å². The molecule has 0 aliphatic carbocycles. The van der Waals surface area contributed by atoms with Crippen LogP contribution in [0.2, 0.25) is 0 Å². The van der Waals surface area contributed by atoms with Crippen molar-refractivity contribution in [2.75, 3.05) is 0 Å². The van der Waals surface area contributed by atoms with E-state index in [0.717, 1.165) is 6.42 Å². The summed E-state index contributed by atoms with van der Waals surface area (Å²) in [6.07, 6.45) is 5.53. The van der Waals surface area contributed by atoms with Gasteiger partial charge in [0.2, 0.25) is 0 Å². The van der Waals surface area contributed by atoms with Crippen LogP contribution in [0.25, 0.3) is 32.0 Å². The molecular weight excluding hydrogens is 428 g/mol. The van der Waals surface area contributed by atoms with Crippen molar-refractivity contribution in [1.29, 1.82) is 0 Å². The number of halogens is 2. The SMILES string of the molecule is C/C=c1/sc(-c2sc3ccccc3c2Br)c(Br)/c1=C/CC. The predicted octanol–water partition coefficient (Wildman–Crippen LogP) is 6.15. The van der Waals surface area contributed by atoms with Crippen LogP contribution in [0.4, 0.5) is 0 Å². The molecule has 0 saturated heterocycles. The van der Waals surface area contributed by atoms with Crippen LogP contribution < -0.4 is 9.75 Å². The highest BCUT2D eigenvalue weighted by atomic mass is 79.9. The summed E-state index contributed by atoms with van der Waals surface area (Å²) in [4.78, 5) is 2.63. The predicted molar refractivity (Wildman–Crippen MR) is 105 cm³/mol. The minimum atomic E-state index is 1.04.